The first-order chi connectivity index (χ1) is 8.51. The molecule has 0 radical (unpaired) electrons. The zero-order valence-electron chi connectivity index (χ0n) is 10.8. The van der Waals surface area contributed by atoms with E-state index in [1.54, 1.807) is 0 Å². The zero-order valence-corrected chi connectivity index (χ0v) is 11.6. The van der Waals surface area contributed by atoms with Crippen LogP contribution in [0.4, 0.5) is 8.78 Å². The third-order valence-electron chi connectivity index (χ3n) is 3.36. The van der Waals surface area contributed by atoms with Crippen LogP contribution in [0, 0.1) is 17.6 Å². The highest BCUT2D eigenvalue weighted by Gasteiger charge is 2.21. The molecule has 2 atom stereocenters. The van der Waals surface area contributed by atoms with Gasteiger partial charge in [0.05, 0.1) is 0 Å². The predicted octanol–water partition coefficient (Wildman–Crippen LogP) is 4.83. The number of unbranched alkanes of at least 4 members (excludes halogenated alkanes) is 1. The Kier molecular flexibility index (Phi) is 6.03. The van der Waals surface area contributed by atoms with Gasteiger partial charge >= 0.3 is 0 Å². The van der Waals surface area contributed by atoms with E-state index in [1.165, 1.54) is 0 Å². The lowest BCUT2D eigenvalue weighted by Gasteiger charge is -2.24. The van der Waals surface area contributed by atoms with Crippen molar-refractivity contribution in [3.63, 3.8) is 0 Å². The Morgan fingerprint density at radius 1 is 1.22 bits per heavy atom. The van der Waals surface area contributed by atoms with Crippen molar-refractivity contribution in [2.75, 3.05) is 0 Å². The summed E-state index contributed by atoms with van der Waals surface area (Å²) < 4.78 is 26.3. The molecule has 0 aliphatic carbocycles. The van der Waals surface area contributed by atoms with E-state index in [2.05, 4.69) is 6.92 Å². The number of hydrogen-bond acceptors (Lipinski definition) is 1. The van der Waals surface area contributed by atoms with Crippen LogP contribution < -0.4 is 5.73 Å². The Hall–Kier alpha value is -0.670. The molecule has 1 rings (SSSR count). The second-order valence-corrected chi connectivity index (χ2v) is 5.03. The molecule has 1 nitrogen and oxygen atoms in total. The summed E-state index contributed by atoms with van der Waals surface area (Å²) in [5, 5.41) is 0.205. The Labute approximate surface area is 112 Å². The summed E-state index contributed by atoms with van der Waals surface area (Å²) in [5.41, 5.74) is 6.64. The van der Waals surface area contributed by atoms with Gasteiger partial charge in [-0.25, -0.2) is 8.78 Å². The highest BCUT2D eigenvalue weighted by atomic mass is 35.5. The van der Waals surface area contributed by atoms with Gasteiger partial charge in [0.2, 0.25) is 0 Å². The Morgan fingerprint density at radius 3 is 2.39 bits per heavy atom. The molecule has 0 spiro atoms. The van der Waals surface area contributed by atoms with Gasteiger partial charge in [0.25, 0.3) is 0 Å². The second-order valence-electron chi connectivity index (χ2n) is 4.62. The lowest BCUT2D eigenvalue weighted by molar-refractivity contribution is 0.376. The number of nitrogens with two attached hydrogens (primary N) is 1. The van der Waals surface area contributed by atoms with Gasteiger partial charge in [-0.15, -0.1) is 0 Å². The average molecular weight is 276 g/mol. The van der Waals surface area contributed by atoms with Crippen molar-refractivity contribution in [2.24, 2.45) is 11.7 Å². The van der Waals surface area contributed by atoms with Gasteiger partial charge in [-0.3, -0.25) is 0 Å². The molecule has 102 valence electrons. The van der Waals surface area contributed by atoms with E-state index in [-0.39, 0.29) is 17.0 Å². The molecule has 2 N–H and O–H groups in total. The third kappa shape index (κ3) is 3.66. The van der Waals surface area contributed by atoms with Crippen molar-refractivity contribution >= 4 is 11.6 Å². The normalized spacial score (nSPS) is 14.6. The maximum atomic E-state index is 13.2. The molecule has 0 aliphatic heterocycles. The minimum atomic E-state index is -0.933. The van der Waals surface area contributed by atoms with E-state index in [0.29, 0.717) is 5.56 Å². The predicted molar refractivity (Wildman–Crippen MR) is 71.6 cm³/mol. The van der Waals surface area contributed by atoms with Crippen LogP contribution in [0.15, 0.2) is 12.1 Å². The van der Waals surface area contributed by atoms with E-state index >= 15 is 0 Å². The molecule has 0 saturated carbocycles. The molecule has 1 aromatic rings. The van der Waals surface area contributed by atoms with E-state index < -0.39 is 11.6 Å². The minimum Gasteiger partial charge on any atom is -0.324 e. The first kappa shape index (κ1) is 15.4. The van der Waals surface area contributed by atoms with Gasteiger partial charge in [0.1, 0.15) is 0 Å². The second kappa shape index (κ2) is 7.05. The van der Waals surface area contributed by atoms with Crippen molar-refractivity contribution < 1.29 is 8.78 Å². The van der Waals surface area contributed by atoms with E-state index in [0.717, 1.165) is 37.8 Å². The summed E-state index contributed by atoms with van der Waals surface area (Å²) >= 11 is 5.94. The van der Waals surface area contributed by atoms with Crippen LogP contribution in [0.1, 0.15) is 51.1 Å². The maximum Gasteiger partial charge on any atom is 0.160 e. The zero-order chi connectivity index (χ0) is 13.7. The standard InChI is InChI=1S/C14H20ClF2N/c1-3-5-6-9(4-2)14(18)10-7-12(16)13(17)8-11(10)15/h7-9,14H,3-6,18H2,1-2H3. The molecular formula is C14H20ClF2N. The molecule has 0 saturated heterocycles. The lowest BCUT2D eigenvalue weighted by atomic mass is 9.87. The van der Waals surface area contributed by atoms with Gasteiger partial charge in [-0.2, -0.15) is 0 Å². The summed E-state index contributed by atoms with van der Waals surface area (Å²) in [7, 11) is 0. The van der Waals surface area contributed by atoms with Crippen LogP contribution in [0.5, 0.6) is 0 Å². The molecule has 0 bridgehead atoms. The van der Waals surface area contributed by atoms with Gasteiger partial charge in [-0.1, -0.05) is 44.7 Å². The van der Waals surface area contributed by atoms with Crippen LogP contribution >= 0.6 is 11.6 Å². The molecule has 0 amide bonds. The molecule has 0 aromatic heterocycles. The molecule has 0 fully saturated rings. The summed E-state index contributed by atoms with van der Waals surface area (Å²) in [6.45, 7) is 4.16. The molecule has 2 unspecified atom stereocenters. The van der Waals surface area contributed by atoms with Crippen molar-refractivity contribution in [3.8, 4) is 0 Å². The van der Waals surface area contributed by atoms with Crippen molar-refractivity contribution in [1.29, 1.82) is 0 Å². The first-order valence-electron chi connectivity index (χ1n) is 6.41. The SMILES string of the molecule is CCCCC(CC)C(N)c1cc(F)c(F)cc1Cl. The van der Waals surface area contributed by atoms with Gasteiger partial charge < -0.3 is 5.73 Å². The van der Waals surface area contributed by atoms with E-state index in [1.807, 2.05) is 6.92 Å². The Morgan fingerprint density at radius 2 is 1.83 bits per heavy atom. The maximum absolute atomic E-state index is 13.2. The number of rotatable bonds is 6. The summed E-state index contributed by atoms with van der Waals surface area (Å²) in [6, 6.07) is 1.78. The lowest BCUT2D eigenvalue weighted by Crippen LogP contribution is -2.21. The molecule has 4 heteroatoms. The molecule has 18 heavy (non-hydrogen) atoms. The van der Waals surface area contributed by atoms with Crippen molar-refractivity contribution in [3.05, 3.63) is 34.4 Å². The van der Waals surface area contributed by atoms with Crippen LogP contribution in [0.2, 0.25) is 5.02 Å². The third-order valence-corrected chi connectivity index (χ3v) is 3.69. The van der Waals surface area contributed by atoms with Gasteiger partial charge in [0, 0.05) is 11.1 Å². The Balaban J connectivity index is 2.94. The smallest absolute Gasteiger partial charge is 0.160 e. The monoisotopic (exact) mass is 275 g/mol. The average Bonchev–Trinajstić information content (AvgIpc) is 2.34. The van der Waals surface area contributed by atoms with Crippen molar-refractivity contribution in [2.45, 2.75) is 45.6 Å². The van der Waals surface area contributed by atoms with Gasteiger partial charge in [-0.05, 0) is 30.0 Å². The van der Waals surface area contributed by atoms with Crippen LogP contribution in [0.3, 0.4) is 0 Å². The molecule has 0 aliphatic rings. The fourth-order valence-corrected chi connectivity index (χ4v) is 2.43. The number of halogens is 3. The fraction of sp³-hybridized carbons (Fsp3) is 0.571. The fourth-order valence-electron chi connectivity index (χ4n) is 2.15. The molecule has 0 heterocycles. The summed E-state index contributed by atoms with van der Waals surface area (Å²) in [6.07, 6.45) is 4.04. The van der Waals surface area contributed by atoms with Crippen LogP contribution in [0.25, 0.3) is 0 Å². The number of hydrogen-bond donors (Lipinski definition) is 1. The largest absolute Gasteiger partial charge is 0.324 e. The van der Waals surface area contributed by atoms with Gasteiger partial charge in [0.15, 0.2) is 11.6 Å². The molecular weight excluding hydrogens is 256 g/mol. The van der Waals surface area contributed by atoms with Crippen LogP contribution in [-0.2, 0) is 0 Å². The minimum absolute atomic E-state index is 0.205. The summed E-state index contributed by atoms with van der Waals surface area (Å²) in [5.74, 6) is -1.58. The van der Waals surface area contributed by atoms with E-state index in [4.69, 9.17) is 17.3 Å². The van der Waals surface area contributed by atoms with Crippen molar-refractivity contribution in [1.82, 2.24) is 0 Å². The van der Waals surface area contributed by atoms with E-state index in [9.17, 15) is 8.78 Å². The highest BCUT2D eigenvalue weighted by Crippen LogP contribution is 2.32. The number of benzene rings is 1. The Bertz CT molecular complexity index is 396. The topological polar surface area (TPSA) is 26.0 Å². The van der Waals surface area contributed by atoms with Crippen LogP contribution in [-0.4, -0.2) is 0 Å². The highest BCUT2D eigenvalue weighted by molar-refractivity contribution is 6.31. The molecule has 1 aromatic carbocycles. The first-order valence-corrected chi connectivity index (χ1v) is 6.79. The summed E-state index contributed by atoms with van der Waals surface area (Å²) in [4.78, 5) is 0. The quantitative estimate of drug-likeness (QED) is 0.739.